The molecule has 1 aromatic carbocycles. The van der Waals surface area contributed by atoms with E-state index in [0.717, 1.165) is 18.5 Å². The number of hydrogen-bond donors (Lipinski definition) is 1. The van der Waals surface area contributed by atoms with E-state index in [4.69, 9.17) is 11.6 Å². The lowest BCUT2D eigenvalue weighted by molar-refractivity contribution is -0.384. The molecule has 0 saturated heterocycles. The van der Waals surface area contributed by atoms with Crippen molar-refractivity contribution in [1.82, 2.24) is 9.97 Å². The van der Waals surface area contributed by atoms with Crippen LogP contribution < -0.4 is 5.32 Å². The standard InChI is InChI=1S/C11H6ClF3N4O2/c12-9-8(19(20)21)10(17-5-16-9)18-7-4-2-1-3-6(7)11(13,14)15/h1-5H,(H,16,17,18). The number of nitrogens with zero attached hydrogens (tertiary/aromatic N) is 3. The molecule has 0 atom stereocenters. The molecule has 1 aromatic heterocycles. The van der Waals surface area contributed by atoms with E-state index in [-0.39, 0.29) is 5.69 Å². The molecule has 0 spiro atoms. The lowest BCUT2D eigenvalue weighted by Crippen LogP contribution is -2.10. The first-order valence-electron chi connectivity index (χ1n) is 5.39. The molecule has 0 unspecified atom stereocenters. The van der Waals surface area contributed by atoms with Gasteiger partial charge in [-0.1, -0.05) is 23.7 Å². The van der Waals surface area contributed by atoms with Crippen molar-refractivity contribution < 1.29 is 18.1 Å². The largest absolute Gasteiger partial charge is 0.418 e. The summed E-state index contributed by atoms with van der Waals surface area (Å²) >= 11 is 5.57. The van der Waals surface area contributed by atoms with Gasteiger partial charge in [-0.05, 0) is 12.1 Å². The molecule has 0 saturated carbocycles. The van der Waals surface area contributed by atoms with Gasteiger partial charge in [0.15, 0.2) is 0 Å². The minimum absolute atomic E-state index is 0.372. The fraction of sp³-hybridized carbons (Fsp3) is 0.0909. The number of rotatable bonds is 3. The van der Waals surface area contributed by atoms with Gasteiger partial charge in [-0.15, -0.1) is 0 Å². The van der Waals surface area contributed by atoms with Crippen LogP contribution in [0.25, 0.3) is 0 Å². The van der Waals surface area contributed by atoms with E-state index >= 15 is 0 Å². The zero-order valence-electron chi connectivity index (χ0n) is 10.1. The van der Waals surface area contributed by atoms with Crippen LogP contribution in [-0.4, -0.2) is 14.9 Å². The lowest BCUT2D eigenvalue weighted by Gasteiger charge is -2.13. The van der Waals surface area contributed by atoms with Crippen LogP contribution in [0.1, 0.15) is 5.56 Å². The Balaban J connectivity index is 2.50. The molecule has 1 heterocycles. The van der Waals surface area contributed by atoms with E-state index < -0.39 is 33.3 Å². The Bertz CT molecular complexity index is 693. The van der Waals surface area contributed by atoms with Gasteiger partial charge in [0.1, 0.15) is 6.33 Å². The molecule has 0 bridgehead atoms. The van der Waals surface area contributed by atoms with Gasteiger partial charge in [0.2, 0.25) is 11.0 Å². The van der Waals surface area contributed by atoms with Crippen LogP contribution in [-0.2, 0) is 6.18 Å². The van der Waals surface area contributed by atoms with Gasteiger partial charge in [0, 0.05) is 0 Å². The molecule has 0 aliphatic carbocycles. The van der Waals surface area contributed by atoms with Crippen LogP contribution in [0.15, 0.2) is 30.6 Å². The maximum absolute atomic E-state index is 12.9. The molecular formula is C11H6ClF3N4O2. The Morgan fingerprint density at radius 1 is 1.24 bits per heavy atom. The Kier molecular flexibility index (Phi) is 3.94. The topological polar surface area (TPSA) is 81.0 Å². The van der Waals surface area contributed by atoms with E-state index in [1.165, 1.54) is 12.1 Å². The zero-order valence-corrected chi connectivity index (χ0v) is 10.8. The summed E-state index contributed by atoms with van der Waals surface area (Å²) in [5, 5.41) is 12.7. The van der Waals surface area contributed by atoms with Crippen molar-refractivity contribution in [3.63, 3.8) is 0 Å². The Hall–Kier alpha value is -2.42. The van der Waals surface area contributed by atoms with Crippen molar-refractivity contribution >= 4 is 28.8 Å². The summed E-state index contributed by atoms with van der Waals surface area (Å²) in [7, 11) is 0. The molecule has 2 rings (SSSR count). The highest BCUT2D eigenvalue weighted by Crippen LogP contribution is 2.37. The minimum Gasteiger partial charge on any atom is -0.334 e. The van der Waals surface area contributed by atoms with Gasteiger partial charge in [-0.2, -0.15) is 13.2 Å². The van der Waals surface area contributed by atoms with Crippen molar-refractivity contribution in [2.75, 3.05) is 5.32 Å². The molecule has 0 radical (unpaired) electrons. The Morgan fingerprint density at radius 3 is 2.52 bits per heavy atom. The first-order valence-corrected chi connectivity index (χ1v) is 5.76. The summed E-state index contributed by atoms with van der Waals surface area (Å²) in [6.45, 7) is 0. The first-order chi connectivity index (χ1) is 9.80. The number of anilines is 2. The zero-order chi connectivity index (χ0) is 15.6. The van der Waals surface area contributed by atoms with Crippen molar-refractivity contribution in [2.45, 2.75) is 6.18 Å². The van der Waals surface area contributed by atoms with Gasteiger partial charge in [-0.3, -0.25) is 10.1 Å². The van der Waals surface area contributed by atoms with Gasteiger partial charge < -0.3 is 5.32 Å². The van der Waals surface area contributed by atoms with E-state index in [0.29, 0.717) is 0 Å². The molecule has 0 aliphatic heterocycles. The average molecular weight is 319 g/mol. The fourth-order valence-corrected chi connectivity index (χ4v) is 1.78. The third kappa shape index (κ3) is 3.19. The average Bonchev–Trinajstić information content (AvgIpc) is 2.37. The maximum atomic E-state index is 12.9. The third-order valence-corrected chi connectivity index (χ3v) is 2.72. The highest BCUT2D eigenvalue weighted by molar-refractivity contribution is 6.31. The summed E-state index contributed by atoms with van der Waals surface area (Å²) in [6, 6.07) is 4.53. The van der Waals surface area contributed by atoms with Crippen LogP contribution in [0.2, 0.25) is 5.15 Å². The first kappa shape index (κ1) is 15.0. The summed E-state index contributed by atoms with van der Waals surface area (Å²) in [6.07, 6.45) is -3.71. The van der Waals surface area contributed by atoms with Crippen LogP contribution >= 0.6 is 11.6 Å². The number of hydrogen-bond acceptors (Lipinski definition) is 5. The molecule has 0 amide bonds. The smallest absolute Gasteiger partial charge is 0.334 e. The monoisotopic (exact) mass is 318 g/mol. The van der Waals surface area contributed by atoms with E-state index in [1.807, 2.05) is 0 Å². The molecule has 6 nitrogen and oxygen atoms in total. The minimum atomic E-state index is -4.62. The van der Waals surface area contributed by atoms with E-state index in [9.17, 15) is 23.3 Å². The maximum Gasteiger partial charge on any atom is 0.418 e. The van der Waals surface area contributed by atoms with Crippen LogP contribution in [0.4, 0.5) is 30.4 Å². The summed E-state index contributed by atoms with van der Waals surface area (Å²) < 4.78 is 38.6. The van der Waals surface area contributed by atoms with E-state index in [2.05, 4.69) is 15.3 Å². The van der Waals surface area contributed by atoms with Gasteiger partial charge in [0.25, 0.3) is 0 Å². The van der Waals surface area contributed by atoms with Gasteiger partial charge in [0.05, 0.1) is 16.2 Å². The molecule has 110 valence electrons. The molecule has 0 aliphatic rings. The number of nitro groups is 1. The summed E-state index contributed by atoms with van der Waals surface area (Å²) in [4.78, 5) is 17.0. The second-order valence-electron chi connectivity index (χ2n) is 3.79. The molecular weight excluding hydrogens is 313 g/mol. The van der Waals surface area contributed by atoms with Crippen LogP contribution in [0.3, 0.4) is 0 Å². The number of aromatic nitrogens is 2. The number of halogens is 4. The molecule has 10 heteroatoms. The molecule has 1 N–H and O–H groups in total. The van der Waals surface area contributed by atoms with Crippen molar-refractivity contribution in [3.05, 3.63) is 51.4 Å². The highest BCUT2D eigenvalue weighted by Gasteiger charge is 2.34. The number of benzene rings is 1. The second-order valence-corrected chi connectivity index (χ2v) is 4.15. The summed E-state index contributed by atoms with van der Waals surface area (Å²) in [5.74, 6) is -0.420. The number of para-hydroxylation sites is 1. The van der Waals surface area contributed by atoms with Crippen LogP contribution in [0, 0.1) is 10.1 Å². The number of alkyl halides is 3. The predicted molar refractivity (Wildman–Crippen MR) is 68.4 cm³/mol. The van der Waals surface area contributed by atoms with Crippen molar-refractivity contribution in [2.24, 2.45) is 0 Å². The Labute approximate surface area is 120 Å². The van der Waals surface area contributed by atoms with E-state index in [1.54, 1.807) is 0 Å². The molecule has 0 fully saturated rings. The van der Waals surface area contributed by atoms with Gasteiger partial charge >= 0.3 is 11.9 Å². The van der Waals surface area contributed by atoms with Gasteiger partial charge in [-0.25, -0.2) is 9.97 Å². The highest BCUT2D eigenvalue weighted by atomic mass is 35.5. The second kappa shape index (κ2) is 5.52. The van der Waals surface area contributed by atoms with Crippen molar-refractivity contribution in [1.29, 1.82) is 0 Å². The molecule has 21 heavy (non-hydrogen) atoms. The van der Waals surface area contributed by atoms with Crippen LogP contribution in [0.5, 0.6) is 0 Å². The predicted octanol–water partition coefficient (Wildman–Crippen LogP) is 3.80. The third-order valence-electron chi connectivity index (χ3n) is 2.45. The Morgan fingerprint density at radius 2 is 1.90 bits per heavy atom. The lowest BCUT2D eigenvalue weighted by atomic mass is 10.1. The normalized spacial score (nSPS) is 11.2. The summed E-state index contributed by atoms with van der Waals surface area (Å²) in [5.41, 5.74) is -2.05. The molecule has 2 aromatic rings. The fourth-order valence-electron chi connectivity index (χ4n) is 1.58. The SMILES string of the molecule is O=[N+]([O-])c1c(Cl)ncnc1Nc1ccccc1C(F)(F)F. The quantitative estimate of drug-likeness (QED) is 0.529. The number of nitrogens with one attached hydrogen (secondary N) is 1. The van der Waals surface area contributed by atoms with Crippen molar-refractivity contribution in [3.8, 4) is 0 Å².